The number of aromatic nitrogens is 2. The van der Waals surface area contributed by atoms with Crippen molar-refractivity contribution in [3.05, 3.63) is 10.8 Å². The van der Waals surface area contributed by atoms with Gasteiger partial charge in [-0.3, -0.25) is 0 Å². The van der Waals surface area contributed by atoms with E-state index in [0.717, 1.165) is 24.5 Å². The van der Waals surface area contributed by atoms with Crippen molar-refractivity contribution >= 4 is 11.5 Å². The van der Waals surface area contributed by atoms with E-state index in [4.69, 9.17) is 2.74 Å². The highest BCUT2D eigenvalue weighted by molar-refractivity contribution is 7.05. The third-order valence-electron chi connectivity index (χ3n) is 2.10. The van der Waals surface area contributed by atoms with Gasteiger partial charge in [-0.25, -0.2) is 4.98 Å². The highest BCUT2D eigenvalue weighted by Gasteiger charge is 2.18. The van der Waals surface area contributed by atoms with Crippen molar-refractivity contribution in [1.82, 2.24) is 14.7 Å². The molecule has 1 saturated heterocycles. The fraction of sp³-hybridized carbons (Fsp3) is 0.750. The SMILES string of the molecule is [2H]C([2H])c1nsc(C2CCCNC2)n1. The monoisotopic (exact) mass is 185 g/mol. The molecule has 1 fully saturated rings. The van der Waals surface area contributed by atoms with Gasteiger partial charge in [-0.05, 0) is 37.8 Å². The molecule has 0 bridgehead atoms. The zero-order valence-electron chi connectivity index (χ0n) is 8.79. The molecule has 0 radical (unpaired) electrons. The molecular formula is C8H13N3S. The van der Waals surface area contributed by atoms with Gasteiger partial charge in [0.25, 0.3) is 0 Å². The van der Waals surface area contributed by atoms with Gasteiger partial charge in [-0.15, -0.1) is 0 Å². The van der Waals surface area contributed by atoms with Gasteiger partial charge in [0.2, 0.25) is 0 Å². The maximum absolute atomic E-state index is 7.18. The van der Waals surface area contributed by atoms with Gasteiger partial charge in [0.05, 0.1) is 0 Å². The van der Waals surface area contributed by atoms with E-state index < -0.39 is 6.88 Å². The van der Waals surface area contributed by atoms with E-state index in [-0.39, 0.29) is 0 Å². The van der Waals surface area contributed by atoms with Crippen LogP contribution < -0.4 is 5.32 Å². The lowest BCUT2D eigenvalue weighted by molar-refractivity contribution is 0.460. The first-order valence-corrected chi connectivity index (χ1v) is 4.93. The second-order valence-corrected chi connectivity index (χ2v) is 3.82. The van der Waals surface area contributed by atoms with Crippen LogP contribution in [0.15, 0.2) is 0 Å². The minimum Gasteiger partial charge on any atom is -0.316 e. The molecular weight excluding hydrogens is 170 g/mol. The van der Waals surface area contributed by atoms with Crippen molar-refractivity contribution in [1.29, 1.82) is 0 Å². The molecule has 2 rings (SSSR count). The van der Waals surface area contributed by atoms with Crippen LogP contribution in [0.25, 0.3) is 0 Å². The van der Waals surface area contributed by atoms with Crippen LogP contribution in [0, 0.1) is 6.88 Å². The smallest absolute Gasteiger partial charge is 0.139 e. The topological polar surface area (TPSA) is 37.8 Å². The number of aryl methyl sites for hydroxylation is 1. The van der Waals surface area contributed by atoms with Crippen LogP contribution in [0.3, 0.4) is 0 Å². The zero-order valence-corrected chi connectivity index (χ0v) is 7.60. The van der Waals surface area contributed by atoms with Gasteiger partial charge >= 0.3 is 0 Å². The number of rotatable bonds is 1. The Morgan fingerprint density at radius 3 is 3.42 bits per heavy atom. The zero-order chi connectivity index (χ0) is 9.97. The minimum absolute atomic E-state index is 0.343. The molecule has 0 amide bonds. The van der Waals surface area contributed by atoms with Gasteiger partial charge in [0.15, 0.2) is 0 Å². The van der Waals surface area contributed by atoms with Crippen LogP contribution in [0.5, 0.6) is 0 Å². The summed E-state index contributed by atoms with van der Waals surface area (Å²) in [4.78, 5) is 4.23. The van der Waals surface area contributed by atoms with Gasteiger partial charge in [-0.2, -0.15) is 4.37 Å². The molecule has 2 heterocycles. The maximum Gasteiger partial charge on any atom is 0.139 e. The number of nitrogens with one attached hydrogen (secondary N) is 1. The van der Waals surface area contributed by atoms with E-state index in [9.17, 15) is 0 Å². The standard InChI is InChI=1S/C8H13N3S/c1-6-10-8(12-11-6)7-3-2-4-9-5-7/h7,9H,2-5H2,1H3/i1D2. The van der Waals surface area contributed by atoms with Gasteiger partial charge in [0, 0.05) is 15.2 Å². The Morgan fingerprint density at radius 2 is 2.75 bits per heavy atom. The third-order valence-corrected chi connectivity index (χ3v) is 2.99. The molecule has 0 aromatic carbocycles. The van der Waals surface area contributed by atoms with E-state index in [1.54, 1.807) is 0 Å². The van der Waals surface area contributed by atoms with E-state index in [1.807, 2.05) is 0 Å². The predicted molar refractivity (Wildman–Crippen MR) is 49.5 cm³/mol. The summed E-state index contributed by atoms with van der Waals surface area (Å²) in [6.07, 6.45) is 2.31. The molecule has 12 heavy (non-hydrogen) atoms. The van der Waals surface area contributed by atoms with E-state index >= 15 is 0 Å². The van der Waals surface area contributed by atoms with Crippen molar-refractivity contribution in [2.45, 2.75) is 25.6 Å². The first-order chi connectivity index (χ1) is 6.77. The minimum atomic E-state index is -1.04. The quantitative estimate of drug-likeness (QED) is 0.717. The van der Waals surface area contributed by atoms with Crippen LogP contribution in [-0.2, 0) is 0 Å². The molecule has 4 heteroatoms. The predicted octanol–water partition coefficient (Wildman–Crippen LogP) is 1.31. The summed E-state index contributed by atoms with van der Waals surface area (Å²) >= 11 is 1.34. The van der Waals surface area contributed by atoms with Crippen molar-refractivity contribution in [3.8, 4) is 0 Å². The Balaban J connectivity index is 2.07. The summed E-state index contributed by atoms with van der Waals surface area (Å²) in [5.41, 5.74) is 0. The second kappa shape index (κ2) is 3.49. The normalized spacial score (nSPS) is 26.9. The molecule has 0 saturated carbocycles. The lowest BCUT2D eigenvalue weighted by Gasteiger charge is -2.19. The Morgan fingerprint density at radius 1 is 1.75 bits per heavy atom. The van der Waals surface area contributed by atoms with Crippen molar-refractivity contribution in [2.75, 3.05) is 13.1 Å². The summed E-state index contributed by atoms with van der Waals surface area (Å²) in [7, 11) is 0. The van der Waals surface area contributed by atoms with Crippen LogP contribution in [0.4, 0.5) is 0 Å². The van der Waals surface area contributed by atoms with Gasteiger partial charge < -0.3 is 5.32 Å². The Bertz CT molecular complexity index is 297. The number of hydrogen-bond donors (Lipinski definition) is 1. The van der Waals surface area contributed by atoms with Crippen LogP contribution >= 0.6 is 11.5 Å². The van der Waals surface area contributed by atoms with Crippen LogP contribution in [0.1, 0.15) is 32.3 Å². The highest BCUT2D eigenvalue weighted by atomic mass is 32.1. The molecule has 1 unspecified atom stereocenters. The molecule has 1 N–H and O–H groups in total. The van der Waals surface area contributed by atoms with E-state index in [0.29, 0.717) is 11.7 Å². The number of nitrogens with zero attached hydrogens (tertiary/aromatic N) is 2. The summed E-state index contributed by atoms with van der Waals surface area (Å²) < 4.78 is 18.4. The first-order valence-electron chi connectivity index (χ1n) is 5.31. The number of piperidine rings is 1. The highest BCUT2D eigenvalue weighted by Crippen LogP contribution is 2.23. The molecule has 1 aliphatic heterocycles. The molecule has 66 valence electrons. The third kappa shape index (κ3) is 1.64. The van der Waals surface area contributed by atoms with Gasteiger partial charge in [0.1, 0.15) is 10.8 Å². The molecule has 1 aromatic heterocycles. The largest absolute Gasteiger partial charge is 0.316 e. The summed E-state index contributed by atoms with van der Waals surface area (Å²) in [6.45, 7) is 0.994. The molecule has 1 aliphatic rings. The van der Waals surface area contributed by atoms with E-state index in [1.165, 1.54) is 18.0 Å². The maximum atomic E-state index is 7.18. The second-order valence-electron chi connectivity index (χ2n) is 3.03. The Kier molecular flexibility index (Phi) is 1.76. The fourth-order valence-corrected chi connectivity index (χ4v) is 2.19. The van der Waals surface area contributed by atoms with Crippen molar-refractivity contribution in [2.24, 2.45) is 0 Å². The van der Waals surface area contributed by atoms with Crippen LogP contribution in [-0.4, -0.2) is 22.4 Å². The Hall–Kier alpha value is -0.480. The molecule has 1 aromatic rings. The summed E-state index contributed by atoms with van der Waals surface area (Å²) in [5, 5.41) is 4.30. The summed E-state index contributed by atoms with van der Waals surface area (Å²) in [6, 6.07) is 0. The average molecular weight is 185 g/mol. The molecule has 3 nitrogen and oxygen atoms in total. The molecule has 0 aliphatic carbocycles. The summed E-state index contributed by atoms with van der Waals surface area (Å²) in [5.74, 6) is 0.782. The van der Waals surface area contributed by atoms with Crippen molar-refractivity contribution < 1.29 is 2.74 Å². The fourth-order valence-electron chi connectivity index (χ4n) is 1.48. The first kappa shape index (κ1) is 6.05. The lowest BCUT2D eigenvalue weighted by atomic mass is 10.0. The van der Waals surface area contributed by atoms with Crippen molar-refractivity contribution in [3.63, 3.8) is 0 Å². The Labute approximate surface area is 79.2 Å². The van der Waals surface area contributed by atoms with Crippen LogP contribution in [0.2, 0.25) is 0 Å². The lowest BCUT2D eigenvalue weighted by Crippen LogP contribution is -2.28. The number of hydrogen-bond acceptors (Lipinski definition) is 4. The van der Waals surface area contributed by atoms with Gasteiger partial charge in [-0.1, -0.05) is 0 Å². The van der Waals surface area contributed by atoms with E-state index in [2.05, 4.69) is 14.7 Å². The molecule has 1 atom stereocenters. The molecule has 0 spiro atoms. The average Bonchev–Trinajstić information content (AvgIpc) is 2.68.